The van der Waals surface area contributed by atoms with Crippen molar-refractivity contribution >= 4 is 5.97 Å². The van der Waals surface area contributed by atoms with Gasteiger partial charge in [0.1, 0.15) is 6.10 Å². The third-order valence-electron chi connectivity index (χ3n) is 4.55. The zero-order valence-electron chi connectivity index (χ0n) is 15.7. The van der Waals surface area contributed by atoms with Crippen molar-refractivity contribution in [1.29, 1.82) is 0 Å². The van der Waals surface area contributed by atoms with Crippen molar-refractivity contribution < 1.29 is 30.0 Å². The molecule has 1 aliphatic rings. The number of allylic oxidation sites excluding steroid dienone is 1. The van der Waals surface area contributed by atoms with Gasteiger partial charge < -0.3 is 25.2 Å². The first-order valence-corrected chi connectivity index (χ1v) is 9.68. The van der Waals surface area contributed by atoms with Crippen molar-refractivity contribution in [3.8, 4) is 0 Å². The fourth-order valence-electron chi connectivity index (χ4n) is 2.96. The first kappa shape index (κ1) is 22.8. The molecule has 5 atom stereocenters. The van der Waals surface area contributed by atoms with Gasteiger partial charge in [-0.15, -0.1) is 0 Å². The van der Waals surface area contributed by atoms with Crippen LogP contribution < -0.4 is 0 Å². The molecule has 0 amide bonds. The highest BCUT2D eigenvalue weighted by Gasteiger charge is 2.35. The summed E-state index contributed by atoms with van der Waals surface area (Å²) in [5.41, 5.74) is 0. The number of hydrogen-bond acceptors (Lipinski definition) is 5. The molecule has 1 saturated heterocycles. The maximum absolute atomic E-state index is 10.4. The van der Waals surface area contributed by atoms with Crippen LogP contribution >= 0.6 is 0 Å². The lowest BCUT2D eigenvalue weighted by Crippen LogP contribution is -2.25. The van der Waals surface area contributed by atoms with E-state index in [1.807, 2.05) is 12.2 Å². The summed E-state index contributed by atoms with van der Waals surface area (Å²) in [5, 5.41) is 38.7. The zero-order chi connectivity index (χ0) is 19.4. The van der Waals surface area contributed by atoms with E-state index in [0.717, 1.165) is 19.3 Å². The van der Waals surface area contributed by atoms with Gasteiger partial charge in [-0.3, -0.25) is 4.79 Å². The van der Waals surface area contributed by atoms with Gasteiger partial charge in [0.25, 0.3) is 0 Å². The van der Waals surface area contributed by atoms with Gasteiger partial charge in [0.2, 0.25) is 0 Å². The van der Waals surface area contributed by atoms with Crippen molar-refractivity contribution in [1.82, 2.24) is 0 Å². The lowest BCUT2D eigenvalue weighted by molar-refractivity contribution is -0.137. The van der Waals surface area contributed by atoms with E-state index in [2.05, 4.69) is 6.92 Å². The zero-order valence-corrected chi connectivity index (χ0v) is 15.7. The third-order valence-corrected chi connectivity index (χ3v) is 4.55. The maximum atomic E-state index is 10.4. The molecule has 1 rings (SSSR count). The van der Waals surface area contributed by atoms with Gasteiger partial charge in [-0.1, -0.05) is 50.5 Å². The SMILES string of the molecule is CCCCC[C@@H](O)/C=C/[C@@H]1O[C@@H]([C@@H](O)C/C=C\CCCC(=O)O)C[C@H]1O. The summed E-state index contributed by atoms with van der Waals surface area (Å²) < 4.78 is 5.71. The topological polar surface area (TPSA) is 107 Å². The van der Waals surface area contributed by atoms with Crippen molar-refractivity contribution in [3.05, 3.63) is 24.3 Å². The van der Waals surface area contributed by atoms with Crippen molar-refractivity contribution in [2.24, 2.45) is 0 Å². The van der Waals surface area contributed by atoms with Crippen LogP contribution in [0.15, 0.2) is 24.3 Å². The number of aliphatic hydroxyl groups excluding tert-OH is 3. The van der Waals surface area contributed by atoms with Crippen LogP contribution in [0.25, 0.3) is 0 Å². The van der Waals surface area contributed by atoms with Crippen molar-refractivity contribution in [3.63, 3.8) is 0 Å². The fraction of sp³-hybridized carbons (Fsp3) is 0.750. The normalized spacial score (nSPS) is 25.9. The lowest BCUT2D eigenvalue weighted by atomic mass is 10.0. The van der Waals surface area contributed by atoms with Crippen LogP contribution in [0.5, 0.6) is 0 Å². The first-order chi connectivity index (χ1) is 12.4. The molecule has 0 unspecified atom stereocenters. The van der Waals surface area contributed by atoms with Gasteiger partial charge in [0, 0.05) is 12.8 Å². The molecule has 0 radical (unpaired) electrons. The molecule has 0 saturated carbocycles. The van der Waals surface area contributed by atoms with Crippen molar-refractivity contribution in [2.45, 2.75) is 95.2 Å². The summed E-state index contributed by atoms with van der Waals surface area (Å²) in [6.45, 7) is 2.11. The number of ether oxygens (including phenoxy) is 1. The second-order valence-corrected chi connectivity index (χ2v) is 6.95. The summed E-state index contributed by atoms with van der Waals surface area (Å²) in [7, 11) is 0. The molecule has 0 aromatic heterocycles. The lowest BCUT2D eigenvalue weighted by Gasteiger charge is -2.16. The summed E-state index contributed by atoms with van der Waals surface area (Å²) >= 11 is 0. The van der Waals surface area contributed by atoms with E-state index in [0.29, 0.717) is 32.1 Å². The summed E-state index contributed by atoms with van der Waals surface area (Å²) in [6.07, 6.45) is 10.2. The summed E-state index contributed by atoms with van der Waals surface area (Å²) in [5.74, 6) is -0.804. The van der Waals surface area contributed by atoms with E-state index in [4.69, 9.17) is 9.84 Å². The first-order valence-electron chi connectivity index (χ1n) is 9.68. The molecular formula is C20H34O6. The summed E-state index contributed by atoms with van der Waals surface area (Å²) in [4.78, 5) is 10.4. The number of carbonyl (C=O) groups is 1. The highest BCUT2D eigenvalue weighted by molar-refractivity contribution is 5.66. The molecule has 6 nitrogen and oxygen atoms in total. The van der Waals surface area contributed by atoms with Crippen LogP contribution in [-0.4, -0.2) is 56.9 Å². The molecule has 150 valence electrons. The molecule has 0 spiro atoms. The number of carboxylic acids is 1. The monoisotopic (exact) mass is 370 g/mol. The molecule has 0 aromatic rings. The molecule has 26 heavy (non-hydrogen) atoms. The minimum absolute atomic E-state index is 0.142. The number of carboxylic acid groups (broad SMARTS) is 1. The van der Waals surface area contributed by atoms with Gasteiger partial charge >= 0.3 is 5.97 Å². The molecule has 6 heteroatoms. The average molecular weight is 370 g/mol. The minimum Gasteiger partial charge on any atom is -0.481 e. The predicted molar refractivity (Wildman–Crippen MR) is 99.8 cm³/mol. The Balaban J connectivity index is 2.30. The quantitative estimate of drug-likeness (QED) is 0.293. The Kier molecular flexibility index (Phi) is 11.4. The maximum Gasteiger partial charge on any atom is 0.303 e. The number of aliphatic carboxylic acids is 1. The van der Waals surface area contributed by atoms with Gasteiger partial charge in [0.15, 0.2) is 0 Å². The molecule has 0 aromatic carbocycles. The van der Waals surface area contributed by atoms with Crippen LogP contribution in [0.1, 0.15) is 64.7 Å². The molecule has 0 aliphatic carbocycles. The second-order valence-electron chi connectivity index (χ2n) is 6.95. The van der Waals surface area contributed by atoms with Crippen LogP contribution in [0.4, 0.5) is 0 Å². The Labute approximate surface area is 156 Å². The number of hydrogen-bond donors (Lipinski definition) is 4. The fourth-order valence-corrected chi connectivity index (χ4v) is 2.96. The minimum atomic E-state index is -0.804. The molecular weight excluding hydrogens is 336 g/mol. The molecule has 1 aliphatic heterocycles. The molecule has 1 fully saturated rings. The van der Waals surface area contributed by atoms with E-state index in [-0.39, 0.29) is 6.42 Å². The van der Waals surface area contributed by atoms with Crippen LogP contribution in [-0.2, 0) is 9.53 Å². The van der Waals surface area contributed by atoms with Gasteiger partial charge in [-0.05, 0) is 25.7 Å². The standard InChI is InChI=1S/C20H34O6/c1-2-3-6-9-15(21)12-13-18-17(23)14-19(26-18)16(22)10-7-4-5-8-11-20(24)25/h4,7,12-13,15-19,21-23H,2-3,5-6,8-11,14H2,1H3,(H,24,25)/b7-4-,13-12+/t15-,16+,17-,18+,19-/m1/s1. The van der Waals surface area contributed by atoms with E-state index < -0.39 is 36.5 Å². The molecule has 1 heterocycles. The Morgan fingerprint density at radius 2 is 2.00 bits per heavy atom. The number of rotatable bonds is 13. The van der Waals surface area contributed by atoms with Gasteiger partial charge in [0.05, 0.1) is 24.4 Å². The van der Waals surface area contributed by atoms with E-state index >= 15 is 0 Å². The Bertz CT molecular complexity index is 448. The highest BCUT2D eigenvalue weighted by atomic mass is 16.5. The predicted octanol–water partition coefficient (Wildman–Crippen LogP) is 2.56. The van der Waals surface area contributed by atoms with E-state index in [1.54, 1.807) is 12.2 Å². The van der Waals surface area contributed by atoms with Crippen LogP contribution in [0, 0.1) is 0 Å². The van der Waals surface area contributed by atoms with E-state index in [9.17, 15) is 20.1 Å². The van der Waals surface area contributed by atoms with Crippen LogP contribution in [0.3, 0.4) is 0 Å². The van der Waals surface area contributed by atoms with Crippen LogP contribution in [0.2, 0.25) is 0 Å². The summed E-state index contributed by atoms with van der Waals surface area (Å²) in [6, 6.07) is 0. The van der Waals surface area contributed by atoms with E-state index in [1.165, 1.54) is 0 Å². The molecule has 4 N–H and O–H groups in total. The van der Waals surface area contributed by atoms with Crippen molar-refractivity contribution in [2.75, 3.05) is 0 Å². The van der Waals surface area contributed by atoms with Gasteiger partial charge in [-0.2, -0.15) is 0 Å². The Morgan fingerprint density at radius 1 is 1.23 bits per heavy atom. The Morgan fingerprint density at radius 3 is 2.69 bits per heavy atom. The number of aliphatic hydroxyl groups is 3. The third kappa shape index (κ3) is 9.48. The highest BCUT2D eigenvalue weighted by Crippen LogP contribution is 2.25. The second kappa shape index (κ2) is 13.0. The Hall–Kier alpha value is -1.21. The largest absolute Gasteiger partial charge is 0.481 e. The number of unbranched alkanes of at least 4 members (excludes halogenated alkanes) is 3. The average Bonchev–Trinajstić information content (AvgIpc) is 2.97. The smallest absolute Gasteiger partial charge is 0.303 e. The van der Waals surface area contributed by atoms with Gasteiger partial charge in [-0.25, -0.2) is 0 Å². The molecule has 0 bridgehead atoms.